The molecule has 0 radical (unpaired) electrons. The maximum Gasteiger partial charge on any atom is 0.262 e. The summed E-state index contributed by atoms with van der Waals surface area (Å²) in [6.45, 7) is 4.18. The van der Waals surface area contributed by atoms with Gasteiger partial charge in [0.1, 0.15) is 11.9 Å². The van der Waals surface area contributed by atoms with E-state index in [-0.39, 0.29) is 11.0 Å². The van der Waals surface area contributed by atoms with Gasteiger partial charge in [0.2, 0.25) is 0 Å². The van der Waals surface area contributed by atoms with Crippen molar-refractivity contribution in [2.24, 2.45) is 0 Å². The number of para-hydroxylation sites is 2. The van der Waals surface area contributed by atoms with Crippen molar-refractivity contribution in [1.82, 2.24) is 0 Å². The summed E-state index contributed by atoms with van der Waals surface area (Å²) in [5.41, 5.74) is 1.40. The highest BCUT2D eigenvalue weighted by molar-refractivity contribution is 7.92. The number of aryl methyl sites for hydroxylation is 1. The minimum absolute atomic E-state index is 0.190. The molecule has 0 aliphatic heterocycles. The summed E-state index contributed by atoms with van der Waals surface area (Å²) < 4.78 is 38.3. The highest BCUT2D eigenvalue weighted by Crippen LogP contribution is 2.27. The van der Waals surface area contributed by atoms with E-state index in [0.29, 0.717) is 18.0 Å². The fourth-order valence-corrected chi connectivity index (χ4v) is 3.13. The molecule has 0 bridgehead atoms. The van der Waals surface area contributed by atoms with Gasteiger partial charge in [0.15, 0.2) is 0 Å². The van der Waals surface area contributed by atoms with Crippen molar-refractivity contribution in [1.29, 1.82) is 0 Å². The lowest BCUT2D eigenvalue weighted by Crippen LogP contribution is -2.20. The third-order valence-electron chi connectivity index (χ3n) is 3.19. The number of hydrogen-bond donors (Lipinski definition) is 1. The summed E-state index contributed by atoms with van der Waals surface area (Å²) in [7, 11) is -2.07. The fourth-order valence-electron chi connectivity index (χ4n) is 2.06. The van der Waals surface area contributed by atoms with Crippen LogP contribution in [0.2, 0.25) is 0 Å². The van der Waals surface area contributed by atoms with Gasteiger partial charge in [-0.1, -0.05) is 29.8 Å². The zero-order valence-electron chi connectivity index (χ0n) is 13.4. The average Bonchev–Trinajstić information content (AvgIpc) is 2.50. The van der Waals surface area contributed by atoms with Crippen molar-refractivity contribution >= 4 is 15.7 Å². The summed E-state index contributed by atoms with van der Waals surface area (Å²) in [6.07, 6.45) is -0.190. The number of benzene rings is 2. The molecule has 2 aromatic rings. The largest absolute Gasteiger partial charge is 0.486 e. The van der Waals surface area contributed by atoms with Gasteiger partial charge in [-0.15, -0.1) is 0 Å². The number of rotatable bonds is 7. The van der Waals surface area contributed by atoms with E-state index in [1.54, 1.807) is 55.6 Å². The van der Waals surface area contributed by atoms with E-state index < -0.39 is 10.0 Å². The fraction of sp³-hybridized carbons (Fsp3) is 0.294. The SMILES string of the molecule is COCC(C)Oc1ccccc1NS(=O)(=O)c1ccc(C)cc1. The first-order valence-corrected chi connectivity index (χ1v) is 8.75. The van der Waals surface area contributed by atoms with Crippen LogP contribution in [0, 0.1) is 6.92 Å². The maximum absolute atomic E-state index is 12.5. The smallest absolute Gasteiger partial charge is 0.262 e. The predicted octanol–water partition coefficient (Wildman–Crippen LogP) is 3.21. The standard InChI is InChI=1S/C17H21NO4S/c1-13-8-10-15(11-9-13)23(19,20)18-16-6-4-5-7-17(16)22-14(2)12-21-3/h4-11,14,18H,12H2,1-3H3. The molecule has 6 heteroatoms. The summed E-state index contributed by atoms with van der Waals surface area (Å²) in [6, 6.07) is 13.6. The number of ether oxygens (including phenoxy) is 2. The van der Waals surface area contributed by atoms with Crippen LogP contribution in [0.3, 0.4) is 0 Å². The third-order valence-corrected chi connectivity index (χ3v) is 4.57. The Morgan fingerprint density at radius 3 is 2.39 bits per heavy atom. The highest BCUT2D eigenvalue weighted by Gasteiger charge is 2.17. The Bertz CT molecular complexity index is 741. The Morgan fingerprint density at radius 2 is 1.74 bits per heavy atom. The van der Waals surface area contributed by atoms with Crippen LogP contribution in [-0.4, -0.2) is 28.2 Å². The molecule has 124 valence electrons. The molecule has 2 aromatic carbocycles. The van der Waals surface area contributed by atoms with Crippen LogP contribution in [0.4, 0.5) is 5.69 Å². The topological polar surface area (TPSA) is 64.6 Å². The molecule has 2 rings (SSSR count). The normalized spacial score (nSPS) is 12.7. The lowest BCUT2D eigenvalue weighted by atomic mass is 10.2. The van der Waals surface area contributed by atoms with E-state index >= 15 is 0 Å². The number of sulfonamides is 1. The average molecular weight is 335 g/mol. The first kappa shape index (κ1) is 17.3. The molecule has 0 aromatic heterocycles. The molecule has 0 fully saturated rings. The maximum atomic E-state index is 12.5. The molecular weight excluding hydrogens is 314 g/mol. The van der Waals surface area contributed by atoms with E-state index in [0.717, 1.165) is 5.56 Å². The zero-order chi connectivity index (χ0) is 16.9. The minimum atomic E-state index is -3.66. The molecule has 0 aliphatic rings. The Kier molecular flexibility index (Phi) is 5.63. The van der Waals surface area contributed by atoms with Crippen LogP contribution in [0.25, 0.3) is 0 Å². The van der Waals surface area contributed by atoms with Gasteiger partial charge in [-0.3, -0.25) is 4.72 Å². The quantitative estimate of drug-likeness (QED) is 0.844. The molecule has 0 amide bonds. The van der Waals surface area contributed by atoms with Crippen LogP contribution in [0.5, 0.6) is 5.75 Å². The number of nitrogens with one attached hydrogen (secondary N) is 1. The number of methoxy groups -OCH3 is 1. The van der Waals surface area contributed by atoms with E-state index in [9.17, 15) is 8.42 Å². The number of hydrogen-bond acceptors (Lipinski definition) is 4. The Balaban J connectivity index is 2.24. The molecule has 1 unspecified atom stereocenters. The van der Waals surface area contributed by atoms with Gasteiger partial charge in [-0.2, -0.15) is 0 Å². The minimum Gasteiger partial charge on any atom is -0.486 e. The molecule has 0 saturated carbocycles. The summed E-state index contributed by atoms with van der Waals surface area (Å²) in [5.74, 6) is 0.465. The Labute approximate surface area is 137 Å². The molecule has 0 spiro atoms. The van der Waals surface area contributed by atoms with Crippen molar-refractivity contribution in [3.63, 3.8) is 0 Å². The van der Waals surface area contributed by atoms with Crippen LogP contribution >= 0.6 is 0 Å². The second-order valence-corrected chi connectivity index (χ2v) is 6.98. The highest BCUT2D eigenvalue weighted by atomic mass is 32.2. The lowest BCUT2D eigenvalue weighted by Gasteiger charge is -2.17. The molecule has 0 saturated heterocycles. The van der Waals surface area contributed by atoms with Gasteiger partial charge in [0.05, 0.1) is 17.2 Å². The van der Waals surface area contributed by atoms with E-state index in [2.05, 4.69) is 4.72 Å². The third kappa shape index (κ3) is 4.71. The molecule has 1 N–H and O–H groups in total. The van der Waals surface area contributed by atoms with Gasteiger partial charge in [-0.25, -0.2) is 8.42 Å². The van der Waals surface area contributed by atoms with Gasteiger partial charge in [0.25, 0.3) is 10.0 Å². The van der Waals surface area contributed by atoms with Crippen LogP contribution in [0.15, 0.2) is 53.4 Å². The molecule has 5 nitrogen and oxygen atoms in total. The summed E-state index contributed by atoms with van der Waals surface area (Å²) in [5, 5.41) is 0. The zero-order valence-corrected chi connectivity index (χ0v) is 14.3. The second kappa shape index (κ2) is 7.48. The molecular formula is C17H21NO4S. The van der Waals surface area contributed by atoms with Crippen LogP contribution in [0.1, 0.15) is 12.5 Å². The van der Waals surface area contributed by atoms with Crippen LogP contribution in [-0.2, 0) is 14.8 Å². The Hall–Kier alpha value is -2.05. The van der Waals surface area contributed by atoms with Gasteiger partial charge < -0.3 is 9.47 Å². The molecule has 0 aliphatic carbocycles. The first-order valence-electron chi connectivity index (χ1n) is 7.26. The van der Waals surface area contributed by atoms with Crippen LogP contribution < -0.4 is 9.46 Å². The summed E-state index contributed by atoms with van der Waals surface area (Å²) in [4.78, 5) is 0.211. The second-order valence-electron chi connectivity index (χ2n) is 5.30. The van der Waals surface area contributed by atoms with E-state index in [4.69, 9.17) is 9.47 Å². The number of anilines is 1. The molecule has 0 heterocycles. The lowest BCUT2D eigenvalue weighted by molar-refractivity contribution is 0.0926. The summed E-state index contributed by atoms with van der Waals surface area (Å²) >= 11 is 0. The van der Waals surface area contributed by atoms with Gasteiger partial charge >= 0.3 is 0 Å². The predicted molar refractivity (Wildman–Crippen MR) is 90.4 cm³/mol. The monoisotopic (exact) mass is 335 g/mol. The van der Waals surface area contributed by atoms with Crippen molar-refractivity contribution in [3.8, 4) is 5.75 Å². The van der Waals surface area contributed by atoms with Crippen molar-refractivity contribution < 1.29 is 17.9 Å². The molecule has 23 heavy (non-hydrogen) atoms. The van der Waals surface area contributed by atoms with E-state index in [1.165, 1.54) is 0 Å². The van der Waals surface area contributed by atoms with Crippen molar-refractivity contribution in [2.45, 2.75) is 24.8 Å². The van der Waals surface area contributed by atoms with Crippen molar-refractivity contribution in [2.75, 3.05) is 18.4 Å². The van der Waals surface area contributed by atoms with Crippen molar-refractivity contribution in [3.05, 3.63) is 54.1 Å². The van der Waals surface area contributed by atoms with Gasteiger partial charge in [0, 0.05) is 7.11 Å². The first-order chi connectivity index (χ1) is 10.9. The van der Waals surface area contributed by atoms with E-state index in [1.807, 2.05) is 13.8 Å². The Morgan fingerprint density at radius 1 is 1.09 bits per heavy atom. The van der Waals surface area contributed by atoms with Gasteiger partial charge in [-0.05, 0) is 38.1 Å². The molecule has 1 atom stereocenters.